The van der Waals surface area contributed by atoms with Crippen molar-refractivity contribution in [3.63, 3.8) is 0 Å². The molecule has 1 saturated carbocycles. The average Bonchev–Trinajstić information content (AvgIpc) is 2.68. The molecule has 0 aliphatic heterocycles. The molecule has 0 atom stereocenters. The molecule has 0 radical (unpaired) electrons. The van der Waals surface area contributed by atoms with Crippen molar-refractivity contribution in [3.8, 4) is 5.88 Å². The number of ether oxygens (including phenoxy) is 2. The Labute approximate surface area is 157 Å². The normalized spacial score (nSPS) is 15.7. The number of hydrogen-bond acceptors (Lipinski definition) is 4. The van der Waals surface area contributed by atoms with Crippen molar-refractivity contribution in [1.29, 1.82) is 0 Å². The first kappa shape index (κ1) is 20.5. The Balaban J connectivity index is 1.78. The summed E-state index contributed by atoms with van der Waals surface area (Å²) in [6.07, 6.45) is 9.32. The predicted octanol–water partition coefficient (Wildman–Crippen LogP) is 3.27. The fourth-order valence-corrected chi connectivity index (χ4v) is 2.97. The Morgan fingerprint density at radius 3 is 2.73 bits per heavy atom. The summed E-state index contributed by atoms with van der Waals surface area (Å²) in [6.45, 7) is 7.89. The lowest BCUT2D eigenvalue weighted by atomic mass is 9.98. The molecule has 6 nitrogen and oxygen atoms in total. The molecule has 2 N–H and O–H groups in total. The zero-order valence-electron chi connectivity index (χ0n) is 16.3. The van der Waals surface area contributed by atoms with Crippen LogP contribution in [-0.4, -0.2) is 43.4 Å². The van der Waals surface area contributed by atoms with Crippen molar-refractivity contribution in [2.45, 2.75) is 65.0 Å². The van der Waals surface area contributed by atoms with Crippen molar-refractivity contribution >= 4 is 5.96 Å². The summed E-state index contributed by atoms with van der Waals surface area (Å²) in [5.41, 5.74) is 1.08. The lowest BCUT2D eigenvalue weighted by Crippen LogP contribution is -2.38. The summed E-state index contributed by atoms with van der Waals surface area (Å²) in [5.74, 6) is 1.55. The molecule has 0 aromatic carbocycles. The van der Waals surface area contributed by atoms with Gasteiger partial charge >= 0.3 is 0 Å². The predicted molar refractivity (Wildman–Crippen MR) is 106 cm³/mol. The molecule has 0 saturated heterocycles. The highest BCUT2D eigenvalue weighted by atomic mass is 16.5. The number of nitrogens with one attached hydrogen (secondary N) is 2. The number of pyridine rings is 1. The van der Waals surface area contributed by atoms with Gasteiger partial charge in [-0.25, -0.2) is 9.98 Å². The summed E-state index contributed by atoms with van der Waals surface area (Å²) >= 11 is 0. The molecule has 0 unspecified atom stereocenters. The second-order valence-corrected chi connectivity index (χ2v) is 6.55. The number of guanidine groups is 1. The Bertz CT molecular complexity index is 513. The number of aromatic nitrogens is 1. The van der Waals surface area contributed by atoms with Crippen LogP contribution in [0.25, 0.3) is 0 Å². The highest BCUT2D eigenvalue weighted by Crippen LogP contribution is 2.22. The van der Waals surface area contributed by atoms with Gasteiger partial charge in [0.2, 0.25) is 5.88 Å². The van der Waals surface area contributed by atoms with E-state index in [0.717, 1.165) is 63.0 Å². The van der Waals surface area contributed by atoms with Crippen LogP contribution >= 0.6 is 0 Å². The third kappa shape index (κ3) is 8.04. The molecule has 1 aliphatic rings. The van der Waals surface area contributed by atoms with Crippen molar-refractivity contribution in [2.75, 3.05) is 26.3 Å². The van der Waals surface area contributed by atoms with Gasteiger partial charge in [0.25, 0.3) is 0 Å². The third-order valence-corrected chi connectivity index (χ3v) is 4.36. The minimum Gasteiger partial charge on any atom is -0.474 e. The maximum absolute atomic E-state index is 5.98. The summed E-state index contributed by atoms with van der Waals surface area (Å²) in [4.78, 5) is 9.06. The van der Waals surface area contributed by atoms with Gasteiger partial charge in [-0.3, -0.25) is 0 Å². The molecule has 2 rings (SSSR count). The maximum atomic E-state index is 5.98. The molecule has 1 aromatic heterocycles. The average molecular weight is 363 g/mol. The molecule has 1 fully saturated rings. The van der Waals surface area contributed by atoms with Gasteiger partial charge in [0, 0.05) is 38.6 Å². The largest absolute Gasteiger partial charge is 0.474 e. The van der Waals surface area contributed by atoms with Gasteiger partial charge in [-0.05, 0) is 51.5 Å². The van der Waals surface area contributed by atoms with Crippen molar-refractivity contribution in [2.24, 2.45) is 4.99 Å². The molecular formula is C20H34N4O2. The molecular weight excluding hydrogens is 328 g/mol. The van der Waals surface area contributed by atoms with Gasteiger partial charge in [-0.2, -0.15) is 0 Å². The molecule has 0 spiro atoms. The minimum atomic E-state index is 0.335. The highest BCUT2D eigenvalue weighted by molar-refractivity contribution is 5.79. The van der Waals surface area contributed by atoms with E-state index in [1.165, 1.54) is 19.3 Å². The summed E-state index contributed by atoms with van der Waals surface area (Å²) in [7, 11) is 0. The van der Waals surface area contributed by atoms with Gasteiger partial charge in [-0.15, -0.1) is 0 Å². The van der Waals surface area contributed by atoms with Crippen LogP contribution in [0.5, 0.6) is 5.88 Å². The second-order valence-electron chi connectivity index (χ2n) is 6.55. The fourth-order valence-electron chi connectivity index (χ4n) is 2.97. The van der Waals surface area contributed by atoms with Gasteiger partial charge in [0.05, 0.1) is 6.54 Å². The standard InChI is InChI=1S/C20H34N4O2/c1-3-21-20(22-13-8-14-25-4-2)24-16-17-11-12-19(23-15-17)26-18-9-6-5-7-10-18/h11-12,15,18H,3-10,13-14,16H2,1-2H3,(H2,21,22,24). The zero-order chi connectivity index (χ0) is 18.5. The van der Waals surface area contributed by atoms with Crippen LogP contribution in [0.4, 0.5) is 0 Å². The molecule has 146 valence electrons. The molecule has 1 heterocycles. The lowest BCUT2D eigenvalue weighted by Gasteiger charge is -2.22. The minimum absolute atomic E-state index is 0.335. The molecule has 0 bridgehead atoms. The van der Waals surface area contributed by atoms with E-state index in [-0.39, 0.29) is 0 Å². The number of nitrogens with zero attached hydrogens (tertiary/aromatic N) is 2. The Morgan fingerprint density at radius 1 is 1.19 bits per heavy atom. The van der Waals surface area contributed by atoms with Crippen LogP contribution in [0.15, 0.2) is 23.3 Å². The lowest BCUT2D eigenvalue weighted by molar-refractivity contribution is 0.145. The number of rotatable bonds is 10. The zero-order valence-corrected chi connectivity index (χ0v) is 16.3. The Morgan fingerprint density at radius 2 is 2.04 bits per heavy atom. The van der Waals surface area contributed by atoms with E-state index in [1.807, 2.05) is 25.3 Å². The molecule has 26 heavy (non-hydrogen) atoms. The van der Waals surface area contributed by atoms with Gasteiger partial charge in [0.15, 0.2) is 5.96 Å². The van der Waals surface area contributed by atoms with Gasteiger partial charge < -0.3 is 20.1 Å². The SMILES string of the molecule is CCNC(=NCc1ccc(OC2CCCCC2)nc1)NCCCOCC. The Kier molecular flexibility index (Phi) is 9.87. The third-order valence-electron chi connectivity index (χ3n) is 4.36. The van der Waals surface area contributed by atoms with Crippen molar-refractivity contribution in [1.82, 2.24) is 15.6 Å². The van der Waals surface area contributed by atoms with Crippen molar-refractivity contribution < 1.29 is 9.47 Å². The van der Waals surface area contributed by atoms with Crippen LogP contribution in [0, 0.1) is 0 Å². The quantitative estimate of drug-likeness (QED) is 0.380. The van der Waals surface area contributed by atoms with E-state index in [0.29, 0.717) is 12.6 Å². The highest BCUT2D eigenvalue weighted by Gasteiger charge is 2.15. The summed E-state index contributed by atoms with van der Waals surface area (Å²) in [6, 6.07) is 4.01. The molecule has 1 aromatic rings. The first-order chi connectivity index (χ1) is 12.8. The smallest absolute Gasteiger partial charge is 0.213 e. The van der Waals surface area contributed by atoms with E-state index in [1.54, 1.807) is 0 Å². The first-order valence-electron chi connectivity index (χ1n) is 10.0. The van der Waals surface area contributed by atoms with E-state index < -0.39 is 0 Å². The molecule has 1 aliphatic carbocycles. The summed E-state index contributed by atoms with van der Waals surface area (Å²) in [5, 5.41) is 6.59. The topological polar surface area (TPSA) is 67.8 Å². The first-order valence-corrected chi connectivity index (χ1v) is 10.0. The van der Waals surface area contributed by atoms with Crippen molar-refractivity contribution in [3.05, 3.63) is 23.9 Å². The van der Waals surface area contributed by atoms with Crippen LogP contribution in [0.3, 0.4) is 0 Å². The number of hydrogen-bond donors (Lipinski definition) is 2. The van der Waals surface area contributed by atoms with Crippen LogP contribution in [0.1, 0.15) is 57.9 Å². The van der Waals surface area contributed by atoms with Crippen LogP contribution in [-0.2, 0) is 11.3 Å². The van der Waals surface area contributed by atoms with Crippen LogP contribution < -0.4 is 15.4 Å². The monoisotopic (exact) mass is 362 g/mol. The van der Waals surface area contributed by atoms with Gasteiger partial charge in [0.1, 0.15) is 6.10 Å². The maximum Gasteiger partial charge on any atom is 0.213 e. The van der Waals surface area contributed by atoms with E-state index in [9.17, 15) is 0 Å². The van der Waals surface area contributed by atoms with E-state index >= 15 is 0 Å². The van der Waals surface area contributed by atoms with E-state index in [2.05, 4.69) is 27.5 Å². The van der Waals surface area contributed by atoms with E-state index in [4.69, 9.17) is 9.47 Å². The summed E-state index contributed by atoms with van der Waals surface area (Å²) < 4.78 is 11.3. The molecule has 6 heteroatoms. The number of aliphatic imine (C=N–C) groups is 1. The van der Waals surface area contributed by atoms with Crippen LogP contribution in [0.2, 0.25) is 0 Å². The fraction of sp³-hybridized carbons (Fsp3) is 0.700. The Hall–Kier alpha value is -1.82. The van der Waals surface area contributed by atoms with Gasteiger partial charge in [-0.1, -0.05) is 12.5 Å². The second kappa shape index (κ2) is 12.5. The molecule has 0 amide bonds.